The molecular weight excluding hydrogens is 401 g/mol. The van der Waals surface area contributed by atoms with Crippen LogP contribution < -0.4 is 5.32 Å². The Balaban J connectivity index is 1.41. The minimum Gasteiger partial charge on any atom is -0.349 e. The number of carbonyl (C=O) groups excluding carboxylic acids is 1. The molecule has 0 spiro atoms. The second-order valence-electron chi connectivity index (χ2n) is 9.78. The van der Waals surface area contributed by atoms with Gasteiger partial charge in [0.15, 0.2) is 0 Å². The van der Waals surface area contributed by atoms with Crippen LogP contribution in [0.3, 0.4) is 0 Å². The first kappa shape index (κ1) is 19.5. The highest BCUT2D eigenvalue weighted by atomic mass is 35.5. The Morgan fingerprint density at radius 1 is 0.931 bits per heavy atom. The Kier molecular flexibility index (Phi) is 4.71. The Morgan fingerprint density at radius 2 is 1.48 bits per heavy atom. The Bertz CT molecular complexity index is 907. The van der Waals surface area contributed by atoms with Crippen molar-refractivity contribution in [3.8, 4) is 0 Å². The van der Waals surface area contributed by atoms with Gasteiger partial charge in [0.05, 0.1) is 11.5 Å². The molecule has 2 nitrogen and oxygen atoms in total. The molecule has 3 unspecified atom stereocenters. The van der Waals surface area contributed by atoms with Gasteiger partial charge in [-0.05, 0) is 98.1 Å². The molecule has 6 rings (SSSR count). The summed E-state index contributed by atoms with van der Waals surface area (Å²) < 4.78 is 0. The van der Waals surface area contributed by atoms with Crippen molar-refractivity contribution in [3.63, 3.8) is 0 Å². The highest BCUT2D eigenvalue weighted by molar-refractivity contribution is 6.30. The van der Waals surface area contributed by atoms with Crippen LogP contribution >= 0.6 is 23.2 Å². The van der Waals surface area contributed by atoms with E-state index in [1.165, 1.54) is 24.8 Å². The third kappa shape index (κ3) is 3.39. The van der Waals surface area contributed by atoms with Crippen LogP contribution in [0.15, 0.2) is 48.5 Å². The predicted molar refractivity (Wildman–Crippen MR) is 118 cm³/mol. The molecule has 0 aliphatic heterocycles. The molecule has 1 amide bonds. The van der Waals surface area contributed by atoms with Crippen LogP contribution in [0, 0.1) is 17.3 Å². The fraction of sp³-hybridized carbons (Fsp3) is 0.480. The van der Waals surface area contributed by atoms with E-state index < -0.39 is 0 Å². The van der Waals surface area contributed by atoms with Crippen LogP contribution in [0.4, 0.5) is 0 Å². The molecule has 0 radical (unpaired) electrons. The van der Waals surface area contributed by atoms with Crippen molar-refractivity contribution in [3.05, 3.63) is 69.7 Å². The lowest BCUT2D eigenvalue weighted by Crippen LogP contribution is -2.59. The molecule has 152 valence electrons. The number of amides is 1. The first-order valence-corrected chi connectivity index (χ1v) is 11.5. The lowest BCUT2D eigenvalue weighted by atomic mass is 9.42. The van der Waals surface area contributed by atoms with Gasteiger partial charge in [-0.2, -0.15) is 0 Å². The number of rotatable bonds is 4. The summed E-state index contributed by atoms with van der Waals surface area (Å²) in [6.07, 6.45) is 6.76. The third-order valence-electron chi connectivity index (χ3n) is 7.72. The zero-order valence-corrected chi connectivity index (χ0v) is 18.3. The molecule has 4 heteroatoms. The Labute approximate surface area is 183 Å². The molecule has 0 aromatic heterocycles. The van der Waals surface area contributed by atoms with E-state index in [0.717, 1.165) is 34.9 Å². The van der Waals surface area contributed by atoms with E-state index in [0.29, 0.717) is 11.8 Å². The van der Waals surface area contributed by atoms with Crippen LogP contribution in [-0.2, 0) is 10.2 Å². The second kappa shape index (κ2) is 7.03. The predicted octanol–water partition coefficient (Wildman–Crippen LogP) is 6.71. The Hall–Kier alpha value is -1.51. The maximum Gasteiger partial charge on any atom is 0.226 e. The molecule has 4 aliphatic rings. The van der Waals surface area contributed by atoms with Crippen molar-refractivity contribution >= 4 is 29.1 Å². The maximum atomic E-state index is 13.6. The van der Waals surface area contributed by atoms with Crippen LogP contribution in [-0.4, -0.2) is 5.91 Å². The molecule has 4 aliphatic carbocycles. The zero-order chi connectivity index (χ0) is 20.2. The van der Waals surface area contributed by atoms with Gasteiger partial charge in [-0.15, -0.1) is 0 Å². The molecule has 2 aromatic carbocycles. The number of hydrogen-bond acceptors (Lipinski definition) is 1. The van der Waals surface area contributed by atoms with E-state index in [1.54, 1.807) is 0 Å². The van der Waals surface area contributed by atoms with Crippen LogP contribution in [0.5, 0.6) is 0 Å². The first-order chi connectivity index (χ1) is 13.9. The van der Waals surface area contributed by atoms with E-state index in [2.05, 4.69) is 24.4 Å². The molecule has 0 heterocycles. The van der Waals surface area contributed by atoms with Crippen molar-refractivity contribution in [2.24, 2.45) is 17.3 Å². The fourth-order valence-electron chi connectivity index (χ4n) is 6.85. The topological polar surface area (TPSA) is 29.1 Å². The number of halogens is 2. The smallest absolute Gasteiger partial charge is 0.226 e. The van der Waals surface area contributed by atoms with Crippen molar-refractivity contribution in [2.45, 2.75) is 56.9 Å². The van der Waals surface area contributed by atoms with Gasteiger partial charge in [0.1, 0.15) is 0 Å². The number of carbonyl (C=O) groups is 1. The SMILES string of the molecule is CC(NC(=O)C12CC3CC(C1)CC(c1ccc(Cl)cc1)(C3)C2)c1ccc(Cl)cc1. The van der Waals surface area contributed by atoms with Crippen LogP contribution in [0.25, 0.3) is 0 Å². The van der Waals surface area contributed by atoms with Gasteiger partial charge in [-0.25, -0.2) is 0 Å². The van der Waals surface area contributed by atoms with Gasteiger partial charge in [0.25, 0.3) is 0 Å². The quantitative estimate of drug-likeness (QED) is 0.576. The lowest BCUT2D eigenvalue weighted by molar-refractivity contribution is -0.149. The van der Waals surface area contributed by atoms with Crippen LogP contribution in [0.2, 0.25) is 10.0 Å². The van der Waals surface area contributed by atoms with E-state index in [-0.39, 0.29) is 22.8 Å². The molecular formula is C25H27Cl2NO. The fourth-order valence-corrected chi connectivity index (χ4v) is 7.11. The normalized spacial score (nSPS) is 33.5. The molecule has 0 saturated heterocycles. The minimum absolute atomic E-state index is 0.0146. The summed E-state index contributed by atoms with van der Waals surface area (Å²) in [5.74, 6) is 1.56. The number of benzene rings is 2. The number of nitrogens with one attached hydrogen (secondary N) is 1. The van der Waals surface area contributed by atoms with Gasteiger partial charge < -0.3 is 5.32 Å². The van der Waals surface area contributed by atoms with Crippen LogP contribution in [0.1, 0.15) is 62.6 Å². The second-order valence-corrected chi connectivity index (χ2v) is 10.6. The van der Waals surface area contributed by atoms with Gasteiger partial charge in [0.2, 0.25) is 5.91 Å². The summed E-state index contributed by atoms with van der Waals surface area (Å²) in [5, 5.41) is 4.85. The summed E-state index contributed by atoms with van der Waals surface area (Å²) in [6.45, 7) is 2.07. The molecule has 1 N–H and O–H groups in total. The highest BCUT2D eigenvalue weighted by Crippen LogP contribution is 2.65. The van der Waals surface area contributed by atoms with Crippen molar-refractivity contribution in [2.75, 3.05) is 0 Å². The van der Waals surface area contributed by atoms with Gasteiger partial charge >= 0.3 is 0 Å². The van der Waals surface area contributed by atoms with Crippen molar-refractivity contribution in [1.82, 2.24) is 5.32 Å². The third-order valence-corrected chi connectivity index (χ3v) is 8.22. The van der Waals surface area contributed by atoms with Gasteiger partial charge in [-0.3, -0.25) is 4.79 Å². The van der Waals surface area contributed by atoms with Gasteiger partial charge in [-0.1, -0.05) is 47.5 Å². The van der Waals surface area contributed by atoms with E-state index >= 15 is 0 Å². The molecule has 29 heavy (non-hydrogen) atoms. The number of hydrogen-bond donors (Lipinski definition) is 1. The Morgan fingerprint density at radius 3 is 2.07 bits per heavy atom. The summed E-state index contributed by atoms with van der Waals surface area (Å²) >= 11 is 12.2. The summed E-state index contributed by atoms with van der Waals surface area (Å²) in [6, 6.07) is 16.2. The van der Waals surface area contributed by atoms with Gasteiger partial charge in [0, 0.05) is 10.0 Å². The van der Waals surface area contributed by atoms with E-state index in [4.69, 9.17) is 23.2 Å². The largest absolute Gasteiger partial charge is 0.349 e. The average molecular weight is 428 g/mol. The summed E-state index contributed by atoms with van der Waals surface area (Å²) in [5.41, 5.74) is 2.37. The summed E-state index contributed by atoms with van der Waals surface area (Å²) in [7, 11) is 0. The lowest BCUT2D eigenvalue weighted by Gasteiger charge is -2.61. The molecule has 4 fully saturated rings. The van der Waals surface area contributed by atoms with E-state index in [1.807, 2.05) is 36.4 Å². The standard InChI is InChI=1S/C25H27Cl2NO/c1-16(19-2-6-21(26)7-3-19)28-23(29)25-13-17-10-18(14-25)12-24(11-17,15-25)20-4-8-22(27)9-5-20/h2-9,16-18H,10-15H2,1H3,(H,28,29). The summed E-state index contributed by atoms with van der Waals surface area (Å²) in [4.78, 5) is 13.6. The molecule has 3 atom stereocenters. The first-order valence-electron chi connectivity index (χ1n) is 10.7. The zero-order valence-electron chi connectivity index (χ0n) is 16.8. The maximum absolute atomic E-state index is 13.6. The minimum atomic E-state index is -0.232. The van der Waals surface area contributed by atoms with E-state index in [9.17, 15) is 4.79 Å². The molecule has 2 aromatic rings. The van der Waals surface area contributed by atoms with Crippen molar-refractivity contribution < 1.29 is 4.79 Å². The molecule has 4 bridgehead atoms. The average Bonchev–Trinajstić information content (AvgIpc) is 2.68. The molecule has 4 saturated carbocycles. The van der Waals surface area contributed by atoms with Crippen molar-refractivity contribution in [1.29, 1.82) is 0 Å². The highest BCUT2D eigenvalue weighted by Gasteiger charge is 2.60. The monoisotopic (exact) mass is 427 g/mol.